The van der Waals surface area contributed by atoms with E-state index in [1.165, 1.54) is 0 Å². The third kappa shape index (κ3) is 1.84. The summed E-state index contributed by atoms with van der Waals surface area (Å²) in [6.07, 6.45) is 3.83. The molecule has 0 aliphatic carbocycles. The molecule has 0 saturated carbocycles. The molecule has 3 heterocycles. The minimum Gasteiger partial charge on any atom is -0.278 e. The molecule has 2 aliphatic heterocycles. The Kier molecular flexibility index (Phi) is 2.93. The number of aliphatic imine (C=N–C) groups is 2. The summed E-state index contributed by atoms with van der Waals surface area (Å²) in [6.45, 7) is 0.627. The highest BCUT2D eigenvalue weighted by molar-refractivity contribution is 6.40. The summed E-state index contributed by atoms with van der Waals surface area (Å²) < 4.78 is 1.80. The number of hydrogen-bond donors (Lipinski definition) is 0. The van der Waals surface area contributed by atoms with Crippen molar-refractivity contribution in [1.82, 2.24) is 9.78 Å². The first-order valence-corrected chi connectivity index (χ1v) is 8.25. The largest absolute Gasteiger partial charge is 0.278 e. The average Bonchev–Trinajstić information content (AvgIpc) is 3.17. The Morgan fingerprint density at radius 2 is 1.79 bits per heavy atom. The van der Waals surface area contributed by atoms with Gasteiger partial charge >= 0.3 is 0 Å². The molecule has 0 fully saturated rings. The molecule has 2 aliphatic rings. The molecule has 3 aromatic rings. The first kappa shape index (κ1) is 14.0. The lowest BCUT2D eigenvalue weighted by atomic mass is 10.1. The fraction of sp³-hybridized carbons (Fsp3) is 0.0556. The van der Waals surface area contributed by atoms with Crippen molar-refractivity contribution in [3.63, 3.8) is 0 Å². The van der Waals surface area contributed by atoms with Crippen LogP contribution >= 0.6 is 23.2 Å². The van der Waals surface area contributed by atoms with Crippen LogP contribution in [0, 0.1) is 0 Å². The van der Waals surface area contributed by atoms with Gasteiger partial charge in [0, 0.05) is 10.9 Å². The molecule has 4 nitrogen and oxygen atoms in total. The lowest BCUT2D eigenvalue weighted by Crippen LogP contribution is -2.16. The van der Waals surface area contributed by atoms with Crippen LogP contribution in [-0.2, 0) is 0 Å². The molecule has 0 bridgehead atoms. The van der Waals surface area contributed by atoms with Crippen LogP contribution in [0.1, 0.15) is 11.1 Å². The highest BCUT2D eigenvalue weighted by Gasteiger charge is 2.27. The van der Waals surface area contributed by atoms with E-state index in [0.717, 1.165) is 27.9 Å². The van der Waals surface area contributed by atoms with E-state index in [1.807, 2.05) is 36.5 Å². The van der Waals surface area contributed by atoms with Gasteiger partial charge in [-0.25, -0.2) is 9.67 Å². The van der Waals surface area contributed by atoms with Crippen LogP contribution in [-0.4, -0.2) is 27.9 Å². The van der Waals surface area contributed by atoms with E-state index >= 15 is 0 Å². The summed E-state index contributed by atoms with van der Waals surface area (Å²) in [5.74, 6) is 0.617. The van der Waals surface area contributed by atoms with E-state index in [2.05, 4.69) is 10.1 Å². The van der Waals surface area contributed by atoms with Gasteiger partial charge in [-0.1, -0.05) is 47.5 Å². The molecule has 1 aromatic heterocycles. The number of benzene rings is 2. The van der Waals surface area contributed by atoms with Crippen molar-refractivity contribution in [3.05, 3.63) is 75.5 Å². The Bertz CT molecular complexity index is 1090. The van der Waals surface area contributed by atoms with Gasteiger partial charge in [-0.15, -0.1) is 0 Å². The van der Waals surface area contributed by atoms with Gasteiger partial charge in [-0.05, 0) is 18.2 Å². The molecule has 0 N–H and O–H groups in total. The Hall–Kier alpha value is -2.43. The normalized spacial score (nSPS) is 15.7. The number of hydrogen-bond acceptors (Lipinski definition) is 3. The number of fused-ring (bicyclic) bond motifs is 2. The average molecular weight is 353 g/mol. The van der Waals surface area contributed by atoms with Crippen molar-refractivity contribution in [2.24, 2.45) is 9.98 Å². The zero-order chi connectivity index (χ0) is 16.3. The Labute approximate surface area is 147 Å². The fourth-order valence-corrected chi connectivity index (χ4v) is 3.76. The molecule has 2 aromatic carbocycles. The number of halogens is 2. The van der Waals surface area contributed by atoms with Gasteiger partial charge in [-0.3, -0.25) is 4.99 Å². The third-order valence-electron chi connectivity index (χ3n) is 4.24. The van der Waals surface area contributed by atoms with Crippen LogP contribution in [0.4, 0.5) is 0 Å². The molecular weight excluding hydrogens is 343 g/mol. The van der Waals surface area contributed by atoms with Crippen molar-refractivity contribution < 1.29 is 0 Å². The minimum atomic E-state index is 0.543. The maximum absolute atomic E-state index is 6.43. The van der Waals surface area contributed by atoms with Crippen LogP contribution in [0.3, 0.4) is 0 Å². The third-order valence-corrected chi connectivity index (χ3v) is 4.87. The van der Waals surface area contributed by atoms with E-state index in [1.54, 1.807) is 16.8 Å². The van der Waals surface area contributed by atoms with Crippen LogP contribution in [0.2, 0.25) is 10.0 Å². The maximum Gasteiger partial charge on any atom is 0.165 e. The van der Waals surface area contributed by atoms with Crippen LogP contribution in [0.5, 0.6) is 0 Å². The summed E-state index contributed by atoms with van der Waals surface area (Å²) in [5, 5.41) is 6.65. The lowest BCUT2D eigenvalue weighted by Gasteiger charge is -2.11. The molecular formula is C18H10Cl2N4. The quantitative estimate of drug-likeness (QED) is 0.642. The Morgan fingerprint density at radius 3 is 2.62 bits per heavy atom. The highest BCUT2D eigenvalue weighted by atomic mass is 35.5. The molecule has 6 heteroatoms. The second kappa shape index (κ2) is 5.03. The SMILES string of the molecule is Clc1cccc(Cl)c1C1=NC2=CCN=C2c2cccc3cnn1c23. The van der Waals surface area contributed by atoms with E-state index in [-0.39, 0.29) is 0 Å². The maximum atomic E-state index is 6.43. The van der Waals surface area contributed by atoms with Gasteiger partial charge in [0.2, 0.25) is 0 Å². The summed E-state index contributed by atoms with van der Waals surface area (Å²) >= 11 is 12.9. The molecule has 0 atom stereocenters. The molecule has 5 rings (SSSR count). The molecule has 0 radical (unpaired) electrons. The number of para-hydroxylation sites is 1. The van der Waals surface area contributed by atoms with Gasteiger partial charge in [0.25, 0.3) is 0 Å². The number of nitrogens with zero attached hydrogens (tertiary/aromatic N) is 4. The highest BCUT2D eigenvalue weighted by Crippen LogP contribution is 2.32. The van der Waals surface area contributed by atoms with E-state index in [4.69, 9.17) is 28.2 Å². The second-order valence-corrected chi connectivity index (χ2v) is 6.42. The molecule has 0 amide bonds. The fourth-order valence-electron chi connectivity index (χ4n) is 3.19. The molecule has 0 unspecified atom stereocenters. The lowest BCUT2D eigenvalue weighted by molar-refractivity contribution is 0.963. The first-order chi connectivity index (χ1) is 11.7. The van der Waals surface area contributed by atoms with Crippen molar-refractivity contribution in [2.45, 2.75) is 0 Å². The summed E-state index contributed by atoms with van der Waals surface area (Å²) in [7, 11) is 0. The molecule has 0 saturated heterocycles. The summed E-state index contributed by atoms with van der Waals surface area (Å²) in [6, 6.07) is 11.5. The molecule has 116 valence electrons. The first-order valence-electron chi connectivity index (χ1n) is 7.49. The summed E-state index contributed by atoms with van der Waals surface area (Å²) in [4.78, 5) is 9.42. The smallest absolute Gasteiger partial charge is 0.165 e. The van der Waals surface area contributed by atoms with Gasteiger partial charge in [0.15, 0.2) is 5.84 Å². The second-order valence-electron chi connectivity index (χ2n) is 5.61. The van der Waals surface area contributed by atoms with Crippen molar-refractivity contribution in [1.29, 1.82) is 0 Å². The van der Waals surface area contributed by atoms with Crippen LogP contribution in [0.15, 0.2) is 64.4 Å². The number of allylic oxidation sites excluding steroid dienone is 1. The summed E-state index contributed by atoms with van der Waals surface area (Å²) in [5.41, 5.74) is 4.39. The van der Waals surface area contributed by atoms with E-state index in [9.17, 15) is 0 Å². The number of rotatable bonds is 1. The van der Waals surface area contributed by atoms with Gasteiger partial charge in [0.05, 0.1) is 45.3 Å². The van der Waals surface area contributed by atoms with Gasteiger partial charge in [-0.2, -0.15) is 5.10 Å². The van der Waals surface area contributed by atoms with Crippen LogP contribution < -0.4 is 0 Å². The predicted octanol–water partition coefficient (Wildman–Crippen LogP) is 4.34. The van der Waals surface area contributed by atoms with Crippen molar-refractivity contribution >= 4 is 45.7 Å². The monoisotopic (exact) mass is 352 g/mol. The topological polar surface area (TPSA) is 42.5 Å². The Morgan fingerprint density at radius 1 is 1.00 bits per heavy atom. The zero-order valence-corrected chi connectivity index (χ0v) is 13.9. The van der Waals surface area contributed by atoms with Crippen molar-refractivity contribution in [2.75, 3.05) is 6.54 Å². The molecule has 0 spiro atoms. The minimum absolute atomic E-state index is 0.543. The van der Waals surface area contributed by atoms with E-state index in [0.29, 0.717) is 28.0 Å². The van der Waals surface area contributed by atoms with Gasteiger partial charge in [0.1, 0.15) is 0 Å². The standard InChI is InChI=1S/C18H10Cl2N4/c19-12-5-2-6-13(20)15(12)18-23-14-7-8-21-16(14)11-4-1-3-10-9-22-24(18)17(10)11/h1-7,9H,8H2. The predicted molar refractivity (Wildman–Crippen MR) is 97.6 cm³/mol. The number of aromatic nitrogens is 2. The van der Waals surface area contributed by atoms with Crippen molar-refractivity contribution in [3.8, 4) is 0 Å². The van der Waals surface area contributed by atoms with E-state index < -0.39 is 0 Å². The zero-order valence-electron chi connectivity index (χ0n) is 12.4. The van der Waals surface area contributed by atoms with Gasteiger partial charge < -0.3 is 0 Å². The Balaban J connectivity index is 1.93. The van der Waals surface area contributed by atoms with Crippen LogP contribution in [0.25, 0.3) is 10.9 Å². The molecule has 24 heavy (non-hydrogen) atoms.